The molecule has 2 aromatic rings. The average molecular weight is 415 g/mol. The van der Waals surface area contributed by atoms with Crippen LogP contribution >= 0.6 is 11.8 Å². The fourth-order valence-corrected chi connectivity index (χ4v) is 3.59. The maximum absolute atomic E-state index is 12.0. The Morgan fingerprint density at radius 3 is 2.83 bits per heavy atom. The molecule has 2 heterocycles. The summed E-state index contributed by atoms with van der Waals surface area (Å²) in [5, 5.41) is 14.0. The Labute approximate surface area is 171 Å². The molecule has 4 rings (SSSR count). The predicted molar refractivity (Wildman–Crippen MR) is 106 cm³/mol. The van der Waals surface area contributed by atoms with Gasteiger partial charge >= 0.3 is 6.03 Å². The van der Waals surface area contributed by atoms with Crippen molar-refractivity contribution in [1.29, 1.82) is 0 Å². The number of nitrogens with zero attached hydrogens (tertiary/aromatic N) is 3. The number of nitrogens with one attached hydrogen (secondary N) is 2. The van der Waals surface area contributed by atoms with Gasteiger partial charge in [0.15, 0.2) is 28.6 Å². The number of thioether (sulfide) groups is 1. The van der Waals surface area contributed by atoms with Crippen LogP contribution in [0.3, 0.4) is 0 Å². The van der Waals surface area contributed by atoms with Crippen molar-refractivity contribution in [1.82, 2.24) is 25.4 Å². The Kier molecular flexibility index (Phi) is 5.70. The molecular weight excluding hydrogens is 394 g/mol. The van der Waals surface area contributed by atoms with E-state index in [4.69, 9.17) is 9.47 Å². The second kappa shape index (κ2) is 8.56. The molecule has 0 saturated heterocycles. The number of carbonyl (C=O) groups excluding carboxylic acids is 2. The lowest BCUT2D eigenvalue weighted by Crippen LogP contribution is -2.41. The first-order valence-corrected chi connectivity index (χ1v) is 10.3. The van der Waals surface area contributed by atoms with Crippen LogP contribution in [-0.4, -0.2) is 45.1 Å². The highest BCUT2D eigenvalue weighted by molar-refractivity contribution is 7.99. The number of allylic oxidation sites excluding steroid dienone is 1. The maximum atomic E-state index is 12.0. The predicted octanol–water partition coefficient (Wildman–Crippen LogP) is 2.06. The summed E-state index contributed by atoms with van der Waals surface area (Å²) in [5.41, 5.74) is 0. The monoisotopic (exact) mass is 415 g/mol. The highest BCUT2D eigenvalue weighted by atomic mass is 32.2. The summed E-state index contributed by atoms with van der Waals surface area (Å²) >= 11 is 1.20. The number of carbonyl (C=O) groups is 2. The lowest BCUT2D eigenvalue weighted by molar-refractivity contribution is -0.117. The Morgan fingerprint density at radius 1 is 1.28 bits per heavy atom. The van der Waals surface area contributed by atoms with Crippen molar-refractivity contribution in [3.8, 4) is 11.5 Å². The molecule has 1 fully saturated rings. The Balaban J connectivity index is 1.40. The Bertz CT molecular complexity index is 927. The van der Waals surface area contributed by atoms with E-state index in [0.29, 0.717) is 35.6 Å². The van der Waals surface area contributed by atoms with Gasteiger partial charge in [0.1, 0.15) is 6.61 Å². The number of benzene rings is 1. The summed E-state index contributed by atoms with van der Waals surface area (Å²) < 4.78 is 13.6. The van der Waals surface area contributed by atoms with Crippen molar-refractivity contribution in [3.05, 3.63) is 42.7 Å². The zero-order chi connectivity index (χ0) is 20.2. The molecule has 1 aromatic carbocycles. The number of para-hydroxylation sites is 2. The second-order valence-electron chi connectivity index (χ2n) is 6.69. The SMILES string of the molecule is C=CCn1c(SCC(=O)NC(=O)NC2CC2)nnc1[C@@H]1COc2ccccc2O1. The first-order chi connectivity index (χ1) is 14.1. The van der Waals surface area contributed by atoms with Crippen molar-refractivity contribution in [3.63, 3.8) is 0 Å². The van der Waals surface area contributed by atoms with E-state index in [1.165, 1.54) is 11.8 Å². The molecule has 10 heteroatoms. The topological polar surface area (TPSA) is 107 Å². The normalized spacial score (nSPS) is 17.4. The zero-order valence-corrected chi connectivity index (χ0v) is 16.5. The van der Waals surface area contributed by atoms with Crippen LogP contribution in [0.5, 0.6) is 11.5 Å². The van der Waals surface area contributed by atoms with Crippen LogP contribution < -0.4 is 20.1 Å². The van der Waals surface area contributed by atoms with Gasteiger partial charge in [-0.3, -0.25) is 14.7 Å². The van der Waals surface area contributed by atoms with Crippen molar-refractivity contribution in [2.45, 2.75) is 36.7 Å². The van der Waals surface area contributed by atoms with Gasteiger partial charge < -0.3 is 14.8 Å². The molecule has 2 N–H and O–H groups in total. The van der Waals surface area contributed by atoms with Crippen LogP contribution in [0.1, 0.15) is 24.8 Å². The van der Waals surface area contributed by atoms with E-state index in [9.17, 15) is 9.59 Å². The van der Waals surface area contributed by atoms with Gasteiger partial charge in [0.05, 0.1) is 5.75 Å². The largest absolute Gasteiger partial charge is 0.485 e. The van der Waals surface area contributed by atoms with E-state index in [0.717, 1.165) is 12.8 Å². The third kappa shape index (κ3) is 4.70. The minimum absolute atomic E-state index is 0.0399. The smallest absolute Gasteiger partial charge is 0.321 e. The lowest BCUT2D eigenvalue weighted by Gasteiger charge is -2.26. The molecule has 1 saturated carbocycles. The van der Waals surface area contributed by atoms with E-state index in [-0.39, 0.29) is 11.8 Å². The molecule has 152 valence electrons. The van der Waals surface area contributed by atoms with Gasteiger partial charge in [0.25, 0.3) is 0 Å². The van der Waals surface area contributed by atoms with Crippen LogP contribution in [0.25, 0.3) is 0 Å². The third-order valence-corrected chi connectivity index (χ3v) is 5.32. The molecule has 1 aliphatic heterocycles. The quantitative estimate of drug-likeness (QED) is 0.526. The van der Waals surface area contributed by atoms with Gasteiger partial charge in [0, 0.05) is 12.6 Å². The third-order valence-electron chi connectivity index (χ3n) is 4.35. The summed E-state index contributed by atoms with van der Waals surface area (Å²) in [6.45, 7) is 4.54. The number of ether oxygens (including phenoxy) is 2. The Hall–Kier alpha value is -3.01. The van der Waals surface area contributed by atoms with Gasteiger partial charge in [0.2, 0.25) is 5.91 Å². The number of fused-ring (bicyclic) bond motifs is 1. The van der Waals surface area contributed by atoms with Gasteiger partial charge in [-0.1, -0.05) is 30.0 Å². The number of hydrogen-bond donors (Lipinski definition) is 2. The maximum Gasteiger partial charge on any atom is 0.321 e. The molecule has 1 aromatic heterocycles. The van der Waals surface area contributed by atoms with Gasteiger partial charge in [-0.25, -0.2) is 4.79 Å². The van der Waals surface area contributed by atoms with Crippen molar-refractivity contribution in [2.24, 2.45) is 0 Å². The van der Waals surface area contributed by atoms with Crippen molar-refractivity contribution < 1.29 is 19.1 Å². The number of hydrogen-bond acceptors (Lipinski definition) is 7. The molecule has 9 nitrogen and oxygen atoms in total. The molecule has 29 heavy (non-hydrogen) atoms. The van der Waals surface area contributed by atoms with Crippen LogP contribution in [-0.2, 0) is 11.3 Å². The fraction of sp³-hybridized carbons (Fsp3) is 0.368. The first-order valence-electron chi connectivity index (χ1n) is 9.29. The first kappa shape index (κ1) is 19.3. The number of imide groups is 1. The van der Waals surface area contributed by atoms with Gasteiger partial charge in [-0.15, -0.1) is 16.8 Å². The van der Waals surface area contributed by atoms with Crippen LogP contribution in [0.2, 0.25) is 0 Å². The van der Waals surface area contributed by atoms with Crippen LogP contribution in [0.15, 0.2) is 42.1 Å². The summed E-state index contributed by atoms with van der Waals surface area (Å²) in [6.07, 6.45) is 3.21. The van der Waals surface area contributed by atoms with Gasteiger partial charge in [-0.2, -0.15) is 0 Å². The molecule has 3 amide bonds. The number of aromatic nitrogens is 3. The van der Waals surface area contributed by atoms with E-state index < -0.39 is 18.0 Å². The highest BCUT2D eigenvalue weighted by Crippen LogP contribution is 2.36. The standard InChI is InChI=1S/C19H21N5O4S/c1-2-9-24-17(15-10-27-13-5-3-4-6-14(13)28-15)22-23-19(24)29-11-16(25)21-18(26)20-12-7-8-12/h2-6,12,15H,1,7-11H2,(H2,20,21,25,26)/t15-/m0/s1. The number of rotatable bonds is 7. The molecule has 2 aliphatic rings. The van der Waals surface area contributed by atoms with E-state index >= 15 is 0 Å². The molecule has 0 radical (unpaired) electrons. The fourth-order valence-electron chi connectivity index (χ4n) is 2.83. The number of amides is 3. The summed E-state index contributed by atoms with van der Waals surface area (Å²) in [6, 6.07) is 7.17. The van der Waals surface area contributed by atoms with Crippen LogP contribution in [0, 0.1) is 0 Å². The summed E-state index contributed by atoms with van der Waals surface area (Å²) in [7, 11) is 0. The van der Waals surface area contributed by atoms with E-state index in [2.05, 4.69) is 27.4 Å². The molecular formula is C19H21N5O4S. The molecule has 1 atom stereocenters. The van der Waals surface area contributed by atoms with E-state index in [1.54, 1.807) is 6.08 Å². The molecule has 0 unspecified atom stereocenters. The highest BCUT2D eigenvalue weighted by Gasteiger charge is 2.28. The lowest BCUT2D eigenvalue weighted by atomic mass is 10.2. The number of urea groups is 1. The average Bonchev–Trinajstić information content (AvgIpc) is 3.44. The van der Waals surface area contributed by atoms with Crippen LogP contribution in [0.4, 0.5) is 4.79 Å². The van der Waals surface area contributed by atoms with Gasteiger partial charge in [-0.05, 0) is 25.0 Å². The summed E-state index contributed by atoms with van der Waals surface area (Å²) in [4.78, 5) is 23.7. The Morgan fingerprint density at radius 2 is 2.07 bits per heavy atom. The van der Waals surface area contributed by atoms with Crippen molar-refractivity contribution >= 4 is 23.7 Å². The molecule has 0 bridgehead atoms. The molecule has 1 aliphatic carbocycles. The minimum atomic E-state index is -0.460. The molecule has 0 spiro atoms. The van der Waals surface area contributed by atoms with E-state index in [1.807, 2.05) is 28.8 Å². The minimum Gasteiger partial charge on any atom is -0.485 e. The second-order valence-corrected chi connectivity index (χ2v) is 7.63. The zero-order valence-electron chi connectivity index (χ0n) is 15.7. The van der Waals surface area contributed by atoms with Crippen molar-refractivity contribution in [2.75, 3.05) is 12.4 Å². The summed E-state index contributed by atoms with van der Waals surface area (Å²) in [5.74, 6) is 1.57.